The van der Waals surface area contributed by atoms with E-state index in [1.165, 1.54) is 13.0 Å². The van der Waals surface area contributed by atoms with Gasteiger partial charge in [-0.25, -0.2) is 13.1 Å². The SMILES string of the molecule is C=C(Br)CNS(=O)(=O)c1cc(Cl)c(C)c([N+](=O)[O-])c1. The molecule has 0 aliphatic rings. The molecule has 19 heavy (non-hydrogen) atoms. The zero-order valence-electron chi connectivity index (χ0n) is 9.81. The monoisotopic (exact) mass is 368 g/mol. The summed E-state index contributed by atoms with van der Waals surface area (Å²) in [7, 11) is -3.88. The number of nitrogens with zero attached hydrogens (tertiary/aromatic N) is 1. The fourth-order valence-electron chi connectivity index (χ4n) is 1.24. The van der Waals surface area contributed by atoms with Crippen molar-refractivity contribution in [1.29, 1.82) is 0 Å². The van der Waals surface area contributed by atoms with Crippen LogP contribution in [0, 0.1) is 17.0 Å². The van der Waals surface area contributed by atoms with Crippen LogP contribution in [-0.2, 0) is 10.0 Å². The van der Waals surface area contributed by atoms with E-state index in [2.05, 4.69) is 27.2 Å². The molecule has 0 heterocycles. The van der Waals surface area contributed by atoms with E-state index in [9.17, 15) is 18.5 Å². The van der Waals surface area contributed by atoms with Crippen molar-refractivity contribution >= 4 is 43.2 Å². The number of nitrogens with one attached hydrogen (secondary N) is 1. The van der Waals surface area contributed by atoms with Crippen molar-refractivity contribution in [3.05, 3.63) is 43.9 Å². The van der Waals surface area contributed by atoms with E-state index in [1.807, 2.05) is 0 Å². The van der Waals surface area contributed by atoms with Gasteiger partial charge in [0.05, 0.1) is 14.8 Å². The molecule has 0 spiro atoms. The van der Waals surface area contributed by atoms with Crippen LogP contribution >= 0.6 is 27.5 Å². The van der Waals surface area contributed by atoms with Crippen LogP contribution in [0.5, 0.6) is 0 Å². The third-order valence-electron chi connectivity index (χ3n) is 2.25. The van der Waals surface area contributed by atoms with Gasteiger partial charge in [0, 0.05) is 22.7 Å². The number of halogens is 2. The molecule has 9 heteroatoms. The van der Waals surface area contributed by atoms with Crippen LogP contribution in [0.3, 0.4) is 0 Å². The fraction of sp³-hybridized carbons (Fsp3) is 0.200. The summed E-state index contributed by atoms with van der Waals surface area (Å²) >= 11 is 8.82. The number of nitro benzene ring substituents is 1. The van der Waals surface area contributed by atoms with Gasteiger partial charge in [-0.05, 0) is 13.0 Å². The molecule has 0 saturated carbocycles. The Morgan fingerprint density at radius 2 is 2.16 bits per heavy atom. The summed E-state index contributed by atoms with van der Waals surface area (Å²) in [5.41, 5.74) is -0.124. The molecular weight excluding hydrogens is 360 g/mol. The maximum atomic E-state index is 11.9. The van der Waals surface area contributed by atoms with E-state index >= 15 is 0 Å². The first kappa shape index (κ1) is 16.1. The lowest BCUT2D eigenvalue weighted by Gasteiger charge is -2.08. The Labute approximate surface area is 123 Å². The van der Waals surface area contributed by atoms with Crippen molar-refractivity contribution < 1.29 is 13.3 Å². The standard InChI is InChI=1S/C10H10BrClN2O4S/c1-6(11)5-13-19(17,18)8-3-9(12)7(2)10(4-8)14(15)16/h3-4,13H,1,5H2,2H3. The highest BCUT2D eigenvalue weighted by molar-refractivity contribution is 9.11. The lowest BCUT2D eigenvalue weighted by Crippen LogP contribution is -2.25. The van der Waals surface area contributed by atoms with E-state index in [4.69, 9.17) is 11.6 Å². The van der Waals surface area contributed by atoms with Gasteiger partial charge in [-0.2, -0.15) is 0 Å². The van der Waals surface area contributed by atoms with Crippen LogP contribution in [0.1, 0.15) is 5.56 Å². The molecule has 1 rings (SSSR count). The van der Waals surface area contributed by atoms with Crippen LogP contribution in [-0.4, -0.2) is 19.9 Å². The first-order chi connectivity index (χ1) is 8.65. The van der Waals surface area contributed by atoms with Crippen molar-refractivity contribution in [3.8, 4) is 0 Å². The Hall–Kier alpha value is -0.960. The molecular formula is C10H10BrClN2O4S. The Balaban J connectivity index is 3.28. The van der Waals surface area contributed by atoms with Crippen molar-refractivity contribution in [2.45, 2.75) is 11.8 Å². The predicted octanol–water partition coefficient (Wildman–Crippen LogP) is 2.74. The smallest absolute Gasteiger partial charge is 0.258 e. The lowest BCUT2D eigenvalue weighted by molar-refractivity contribution is -0.385. The normalized spacial score (nSPS) is 11.3. The summed E-state index contributed by atoms with van der Waals surface area (Å²) in [6, 6.07) is 2.14. The number of hydrogen-bond donors (Lipinski definition) is 1. The van der Waals surface area contributed by atoms with E-state index in [-0.39, 0.29) is 27.7 Å². The van der Waals surface area contributed by atoms with Gasteiger partial charge in [-0.1, -0.05) is 34.1 Å². The zero-order chi connectivity index (χ0) is 14.8. The van der Waals surface area contributed by atoms with Crippen molar-refractivity contribution in [2.75, 3.05) is 6.54 Å². The van der Waals surface area contributed by atoms with Gasteiger partial charge in [0.25, 0.3) is 5.69 Å². The number of sulfonamides is 1. The molecule has 0 atom stereocenters. The average molecular weight is 370 g/mol. The summed E-state index contributed by atoms with van der Waals surface area (Å²) in [6.45, 7) is 4.91. The maximum absolute atomic E-state index is 11.9. The van der Waals surface area contributed by atoms with Gasteiger partial charge in [-0.15, -0.1) is 0 Å². The predicted molar refractivity (Wildman–Crippen MR) is 76.1 cm³/mol. The minimum Gasteiger partial charge on any atom is -0.258 e. The fourth-order valence-corrected chi connectivity index (χ4v) is 2.92. The highest BCUT2D eigenvalue weighted by Crippen LogP contribution is 2.29. The summed E-state index contributed by atoms with van der Waals surface area (Å²) < 4.78 is 26.5. The van der Waals surface area contributed by atoms with Crippen LogP contribution in [0.4, 0.5) is 5.69 Å². The second-order valence-electron chi connectivity index (χ2n) is 3.65. The average Bonchev–Trinajstić information content (AvgIpc) is 2.29. The minimum atomic E-state index is -3.88. The molecule has 1 aromatic carbocycles. The molecule has 6 nitrogen and oxygen atoms in total. The van der Waals surface area contributed by atoms with Crippen molar-refractivity contribution in [3.63, 3.8) is 0 Å². The van der Waals surface area contributed by atoms with Crippen molar-refractivity contribution in [1.82, 2.24) is 4.72 Å². The van der Waals surface area contributed by atoms with Gasteiger partial charge >= 0.3 is 0 Å². The topological polar surface area (TPSA) is 89.3 Å². The van der Waals surface area contributed by atoms with Gasteiger partial charge in [0.1, 0.15) is 0 Å². The quantitative estimate of drug-likeness (QED) is 0.638. The molecule has 0 bridgehead atoms. The molecule has 104 valence electrons. The molecule has 0 saturated heterocycles. The van der Waals surface area contributed by atoms with E-state index < -0.39 is 14.9 Å². The van der Waals surface area contributed by atoms with Crippen LogP contribution < -0.4 is 4.72 Å². The van der Waals surface area contributed by atoms with Gasteiger partial charge in [0.15, 0.2) is 0 Å². The van der Waals surface area contributed by atoms with Crippen LogP contribution in [0.15, 0.2) is 28.1 Å². The zero-order valence-corrected chi connectivity index (χ0v) is 13.0. The van der Waals surface area contributed by atoms with Gasteiger partial charge in [-0.3, -0.25) is 10.1 Å². The second kappa shape index (κ2) is 6.00. The van der Waals surface area contributed by atoms with E-state index in [1.54, 1.807) is 0 Å². The van der Waals surface area contributed by atoms with Crippen molar-refractivity contribution in [2.24, 2.45) is 0 Å². The Morgan fingerprint density at radius 1 is 1.58 bits per heavy atom. The molecule has 0 aliphatic heterocycles. The summed E-state index contributed by atoms with van der Waals surface area (Å²) in [4.78, 5) is 9.89. The molecule has 0 fully saturated rings. The molecule has 0 aliphatic carbocycles. The van der Waals surface area contributed by atoms with Gasteiger partial charge in [0.2, 0.25) is 10.0 Å². The largest absolute Gasteiger partial charge is 0.275 e. The number of benzene rings is 1. The Bertz CT molecular complexity index is 645. The molecule has 0 amide bonds. The van der Waals surface area contributed by atoms with E-state index in [0.717, 1.165) is 6.07 Å². The number of nitro groups is 1. The first-order valence-corrected chi connectivity index (χ1v) is 7.58. The van der Waals surface area contributed by atoms with E-state index in [0.29, 0.717) is 4.48 Å². The molecule has 1 N–H and O–H groups in total. The lowest BCUT2D eigenvalue weighted by atomic mass is 10.2. The Morgan fingerprint density at radius 3 is 2.63 bits per heavy atom. The molecule has 0 aromatic heterocycles. The summed E-state index contributed by atoms with van der Waals surface area (Å²) in [5.74, 6) is 0. The highest BCUT2D eigenvalue weighted by atomic mass is 79.9. The minimum absolute atomic E-state index is 0.0206. The summed E-state index contributed by atoms with van der Waals surface area (Å²) in [6.07, 6.45) is 0. The summed E-state index contributed by atoms with van der Waals surface area (Å²) in [5, 5.41) is 10.8. The third-order valence-corrected chi connectivity index (χ3v) is 4.31. The molecule has 0 unspecified atom stereocenters. The highest BCUT2D eigenvalue weighted by Gasteiger charge is 2.22. The van der Waals surface area contributed by atoms with Crippen LogP contribution in [0.25, 0.3) is 0 Å². The third kappa shape index (κ3) is 4.00. The number of rotatable bonds is 5. The van der Waals surface area contributed by atoms with Crippen LogP contribution in [0.2, 0.25) is 5.02 Å². The molecule has 1 aromatic rings. The van der Waals surface area contributed by atoms with Gasteiger partial charge < -0.3 is 0 Å². The second-order valence-corrected chi connectivity index (χ2v) is 6.94. The Kier molecular flexibility index (Phi) is 5.08. The maximum Gasteiger partial charge on any atom is 0.275 e. The molecule has 0 radical (unpaired) electrons. The number of hydrogen-bond acceptors (Lipinski definition) is 4. The first-order valence-electron chi connectivity index (χ1n) is 4.92.